The average Bonchev–Trinajstić information content (AvgIpc) is 2.96. The number of benzene rings is 2. The van der Waals surface area contributed by atoms with E-state index in [2.05, 4.69) is 10.6 Å². The van der Waals surface area contributed by atoms with Gasteiger partial charge in [-0.15, -0.1) is 0 Å². The van der Waals surface area contributed by atoms with Gasteiger partial charge in [0.05, 0.1) is 11.9 Å². The number of oxazole rings is 1. The lowest BCUT2D eigenvalue weighted by atomic mass is 10.1. The Balaban J connectivity index is 1.59. The number of carbonyl (C=O) groups excluding carboxylic acids is 2. The van der Waals surface area contributed by atoms with E-state index in [1.807, 2.05) is 6.07 Å². The highest BCUT2D eigenvalue weighted by Crippen LogP contribution is 2.13. The van der Waals surface area contributed by atoms with Gasteiger partial charge in [-0.2, -0.15) is 0 Å². The SMILES string of the molecule is CNC(=O)Cc1ccc(NC(=O)CCn2c(=O)oc3ccccc32)cc1. The Hall–Kier alpha value is -3.35. The molecule has 2 aromatic carbocycles. The maximum atomic E-state index is 12.1. The number of hydrogen-bond acceptors (Lipinski definition) is 4. The predicted molar refractivity (Wildman–Crippen MR) is 97.9 cm³/mol. The molecule has 0 aliphatic carbocycles. The number of aromatic nitrogens is 1. The van der Waals surface area contributed by atoms with Crippen molar-refractivity contribution in [1.82, 2.24) is 9.88 Å². The van der Waals surface area contributed by atoms with E-state index in [1.54, 1.807) is 49.5 Å². The number of fused-ring (bicyclic) bond motifs is 1. The number of aryl methyl sites for hydroxylation is 1. The fourth-order valence-electron chi connectivity index (χ4n) is 2.64. The first-order chi connectivity index (χ1) is 12.6. The van der Waals surface area contributed by atoms with Crippen LogP contribution in [0.4, 0.5) is 5.69 Å². The number of likely N-dealkylation sites (N-methyl/N-ethyl adjacent to an activating group) is 1. The fourth-order valence-corrected chi connectivity index (χ4v) is 2.64. The molecule has 0 spiro atoms. The molecule has 1 aromatic heterocycles. The molecule has 26 heavy (non-hydrogen) atoms. The van der Waals surface area contributed by atoms with Crippen molar-refractivity contribution in [2.75, 3.05) is 12.4 Å². The third-order valence-corrected chi connectivity index (χ3v) is 4.02. The van der Waals surface area contributed by atoms with Gasteiger partial charge in [-0.1, -0.05) is 24.3 Å². The number of rotatable bonds is 6. The number of amides is 2. The molecule has 0 saturated carbocycles. The summed E-state index contributed by atoms with van der Waals surface area (Å²) in [4.78, 5) is 35.4. The first-order valence-corrected chi connectivity index (χ1v) is 8.24. The van der Waals surface area contributed by atoms with Crippen molar-refractivity contribution < 1.29 is 14.0 Å². The Morgan fingerprint density at radius 1 is 1.04 bits per heavy atom. The van der Waals surface area contributed by atoms with Crippen LogP contribution < -0.4 is 16.4 Å². The molecular weight excluding hydrogens is 334 g/mol. The number of carbonyl (C=O) groups is 2. The van der Waals surface area contributed by atoms with E-state index in [0.29, 0.717) is 23.2 Å². The summed E-state index contributed by atoms with van der Waals surface area (Å²) in [6.45, 7) is 0.233. The lowest BCUT2D eigenvalue weighted by molar-refractivity contribution is -0.120. The Morgan fingerprint density at radius 3 is 2.50 bits per heavy atom. The van der Waals surface area contributed by atoms with E-state index in [1.165, 1.54) is 4.57 Å². The Bertz CT molecular complexity index is 986. The van der Waals surface area contributed by atoms with Crippen molar-refractivity contribution in [1.29, 1.82) is 0 Å². The minimum absolute atomic E-state index is 0.0698. The second-order valence-electron chi connectivity index (χ2n) is 5.83. The minimum Gasteiger partial charge on any atom is -0.408 e. The zero-order valence-corrected chi connectivity index (χ0v) is 14.3. The van der Waals surface area contributed by atoms with Crippen LogP contribution in [-0.2, 0) is 22.6 Å². The van der Waals surface area contributed by atoms with Crippen molar-refractivity contribution in [2.24, 2.45) is 0 Å². The van der Waals surface area contributed by atoms with E-state index in [0.717, 1.165) is 5.56 Å². The summed E-state index contributed by atoms with van der Waals surface area (Å²) in [5.74, 6) is -0.752. The monoisotopic (exact) mass is 353 g/mol. The van der Waals surface area contributed by atoms with Crippen LogP contribution in [0, 0.1) is 0 Å². The molecule has 0 atom stereocenters. The first-order valence-electron chi connectivity index (χ1n) is 8.24. The molecule has 0 aliphatic heterocycles. The molecule has 0 fully saturated rings. The standard InChI is InChI=1S/C19H19N3O4/c1-20-18(24)12-13-6-8-14(9-7-13)21-17(23)10-11-22-15-4-2-3-5-16(15)26-19(22)25/h2-9H,10-12H2,1H3,(H,20,24)(H,21,23). The van der Waals surface area contributed by atoms with Crippen molar-refractivity contribution >= 4 is 28.6 Å². The maximum absolute atomic E-state index is 12.1. The summed E-state index contributed by atoms with van der Waals surface area (Å²) < 4.78 is 6.59. The molecule has 3 rings (SSSR count). The van der Waals surface area contributed by atoms with Crippen LogP contribution in [0.1, 0.15) is 12.0 Å². The number of nitrogens with one attached hydrogen (secondary N) is 2. The van der Waals surface area contributed by atoms with E-state index < -0.39 is 5.76 Å². The van der Waals surface area contributed by atoms with Gasteiger partial charge in [-0.3, -0.25) is 14.2 Å². The number of hydrogen-bond donors (Lipinski definition) is 2. The third kappa shape index (κ3) is 4.00. The highest BCUT2D eigenvalue weighted by Gasteiger charge is 2.10. The number of para-hydroxylation sites is 2. The molecule has 7 heteroatoms. The average molecular weight is 353 g/mol. The molecule has 134 valence electrons. The van der Waals surface area contributed by atoms with Crippen molar-refractivity contribution in [3.63, 3.8) is 0 Å². The summed E-state index contributed by atoms with van der Waals surface area (Å²) >= 11 is 0. The van der Waals surface area contributed by atoms with Gasteiger partial charge < -0.3 is 15.1 Å². The zero-order chi connectivity index (χ0) is 18.5. The molecule has 0 bridgehead atoms. The molecule has 2 N–H and O–H groups in total. The van der Waals surface area contributed by atoms with E-state index in [4.69, 9.17) is 4.42 Å². The van der Waals surface area contributed by atoms with Crippen LogP contribution in [0.25, 0.3) is 11.1 Å². The molecule has 0 unspecified atom stereocenters. The van der Waals surface area contributed by atoms with Gasteiger partial charge in [0.2, 0.25) is 11.8 Å². The maximum Gasteiger partial charge on any atom is 0.419 e. The van der Waals surface area contributed by atoms with E-state index >= 15 is 0 Å². The van der Waals surface area contributed by atoms with Gasteiger partial charge in [0.15, 0.2) is 5.58 Å². The largest absolute Gasteiger partial charge is 0.419 e. The van der Waals surface area contributed by atoms with Gasteiger partial charge in [0, 0.05) is 25.7 Å². The first kappa shape index (κ1) is 17.5. The predicted octanol–water partition coefficient (Wildman–Crippen LogP) is 1.91. The topological polar surface area (TPSA) is 93.3 Å². The number of anilines is 1. The fraction of sp³-hybridized carbons (Fsp3) is 0.211. The van der Waals surface area contributed by atoms with E-state index in [9.17, 15) is 14.4 Å². The second-order valence-corrected chi connectivity index (χ2v) is 5.83. The smallest absolute Gasteiger partial charge is 0.408 e. The summed E-state index contributed by atoms with van der Waals surface area (Å²) in [6, 6.07) is 14.2. The highest BCUT2D eigenvalue weighted by atomic mass is 16.4. The van der Waals surface area contributed by atoms with Gasteiger partial charge in [-0.05, 0) is 29.8 Å². The van der Waals surface area contributed by atoms with Crippen LogP contribution in [0.5, 0.6) is 0 Å². The Morgan fingerprint density at radius 2 is 1.77 bits per heavy atom. The van der Waals surface area contributed by atoms with Gasteiger partial charge in [0.1, 0.15) is 0 Å². The van der Waals surface area contributed by atoms with Gasteiger partial charge in [0.25, 0.3) is 0 Å². The van der Waals surface area contributed by atoms with Crippen molar-refractivity contribution in [3.8, 4) is 0 Å². The molecule has 0 saturated heterocycles. The van der Waals surface area contributed by atoms with Crippen LogP contribution in [-0.4, -0.2) is 23.4 Å². The Kier molecular flexibility index (Phi) is 5.17. The van der Waals surface area contributed by atoms with Crippen LogP contribution in [0.15, 0.2) is 57.7 Å². The summed E-state index contributed by atoms with van der Waals surface area (Å²) in [5, 5.41) is 5.34. The minimum atomic E-state index is -0.474. The molecule has 7 nitrogen and oxygen atoms in total. The molecule has 3 aromatic rings. The van der Waals surface area contributed by atoms with Crippen molar-refractivity contribution in [2.45, 2.75) is 19.4 Å². The van der Waals surface area contributed by atoms with Crippen LogP contribution in [0.3, 0.4) is 0 Å². The normalized spacial score (nSPS) is 10.7. The summed E-state index contributed by atoms with van der Waals surface area (Å²) in [6.07, 6.45) is 0.435. The molecule has 0 aliphatic rings. The number of nitrogens with zero attached hydrogens (tertiary/aromatic N) is 1. The summed E-state index contributed by atoms with van der Waals surface area (Å²) in [7, 11) is 1.59. The van der Waals surface area contributed by atoms with Gasteiger partial charge >= 0.3 is 5.76 Å². The van der Waals surface area contributed by atoms with Gasteiger partial charge in [-0.25, -0.2) is 4.79 Å². The van der Waals surface area contributed by atoms with Crippen LogP contribution in [0.2, 0.25) is 0 Å². The molecule has 2 amide bonds. The quantitative estimate of drug-likeness (QED) is 0.708. The molecule has 1 heterocycles. The van der Waals surface area contributed by atoms with E-state index in [-0.39, 0.29) is 24.8 Å². The molecule has 0 radical (unpaired) electrons. The lowest BCUT2D eigenvalue weighted by Gasteiger charge is -2.07. The zero-order valence-electron chi connectivity index (χ0n) is 14.3. The second kappa shape index (κ2) is 7.69. The Labute approximate surface area is 149 Å². The van der Waals surface area contributed by atoms with Crippen molar-refractivity contribution in [3.05, 3.63) is 64.6 Å². The van der Waals surface area contributed by atoms with Crippen LogP contribution >= 0.6 is 0 Å². The molecular formula is C19H19N3O4. The lowest BCUT2D eigenvalue weighted by Crippen LogP contribution is -2.20. The highest BCUT2D eigenvalue weighted by molar-refractivity contribution is 5.90. The summed E-state index contributed by atoms with van der Waals surface area (Å²) in [5.41, 5.74) is 2.67. The third-order valence-electron chi connectivity index (χ3n) is 4.02.